The Labute approximate surface area is 195 Å². The summed E-state index contributed by atoms with van der Waals surface area (Å²) in [5, 5.41) is 5.46. The molecule has 0 amide bonds. The third-order valence-electron chi connectivity index (χ3n) is 5.28. The molecule has 30 heavy (non-hydrogen) atoms. The minimum atomic E-state index is 0. The fourth-order valence-corrected chi connectivity index (χ4v) is 3.77. The lowest BCUT2D eigenvalue weighted by Gasteiger charge is -2.27. The van der Waals surface area contributed by atoms with Crippen LogP contribution in [-0.2, 0) is 0 Å². The maximum absolute atomic E-state index is 6.06. The van der Waals surface area contributed by atoms with Crippen molar-refractivity contribution in [3.05, 3.63) is 64.4 Å². The van der Waals surface area contributed by atoms with Crippen molar-refractivity contribution in [3.63, 3.8) is 0 Å². The van der Waals surface area contributed by atoms with Crippen molar-refractivity contribution in [3.8, 4) is 0 Å². The van der Waals surface area contributed by atoms with Crippen LogP contribution in [0.4, 0.5) is 5.82 Å². The van der Waals surface area contributed by atoms with Gasteiger partial charge in [-0.3, -0.25) is 0 Å². The molecule has 7 heteroatoms. The first-order valence-electron chi connectivity index (χ1n) is 9.81. The summed E-state index contributed by atoms with van der Waals surface area (Å²) >= 11 is 5.96. The topological polar surface area (TPSA) is 63.8 Å². The number of benzene rings is 2. The zero-order valence-electron chi connectivity index (χ0n) is 16.8. The second-order valence-electron chi connectivity index (χ2n) is 7.59. The van der Waals surface area contributed by atoms with Crippen LogP contribution in [-0.4, -0.2) is 22.1 Å². The van der Waals surface area contributed by atoms with Crippen molar-refractivity contribution in [2.24, 2.45) is 5.73 Å². The summed E-state index contributed by atoms with van der Waals surface area (Å²) in [7, 11) is 0. The Kier molecular flexibility index (Phi) is 8.92. The Morgan fingerprint density at radius 3 is 2.37 bits per heavy atom. The zero-order chi connectivity index (χ0) is 19.5. The summed E-state index contributed by atoms with van der Waals surface area (Å²) in [4.78, 5) is 9.55. The summed E-state index contributed by atoms with van der Waals surface area (Å²) < 4.78 is 0. The van der Waals surface area contributed by atoms with Gasteiger partial charge >= 0.3 is 0 Å². The third-order valence-corrected chi connectivity index (χ3v) is 5.53. The van der Waals surface area contributed by atoms with E-state index >= 15 is 0 Å². The van der Waals surface area contributed by atoms with E-state index in [9.17, 15) is 0 Å². The van der Waals surface area contributed by atoms with Crippen LogP contribution in [0, 0.1) is 6.92 Å². The first-order chi connectivity index (χ1) is 13.6. The zero-order valence-corrected chi connectivity index (χ0v) is 19.2. The molecular weight excluding hydrogens is 439 g/mol. The molecule has 1 aromatic heterocycles. The lowest BCUT2D eigenvalue weighted by molar-refractivity contribution is 0.410. The monoisotopic (exact) mass is 464 g/mol. The Morgan fingerprint density at radius 1 is 0.967 bits per heavy atom. The number of halogens is 3. The molecule has 0 aliphatic heterocycles. The van der Waals surface area contributed by atoms with Crippen molar-refractivity contribution in [2.45, 2.75) is 44.7 Å². The van der Waals surface area contributed by atoms with Gasteiger partial charge in [0.05, 0.1) is 5.52 Å². The Bertz CT molecular complexity index is 997. The number of anilines is 1. The largest absolute Gasteiger partial charge is 0.367 e. The fraction of sp³-hybridized carbons (Fsp3) is 0.304. The van der Waals surface area contributed by atoms with Crippen molar-refractivity contribution < 1.29 is 0 Å². The van der Waals surface area contributed by atoms with E-state index in [4.69, 9.17) is 27.3 Å². The first kappa shape index (κ1) is 24.4. The highest BCUT2D eigenvalue weighted by atomic mass is 35.5. The SMILES string of the molecule is Cc1ccc2nc(C=Cc3ccc(Cl)cc3)nc(N[C@H]3CC[C@H](N)CC3)c2c1.Cl.Cl. The molecular formula is C23H27Cl3N4. The Hall–Kier alpha value is -1.85. The van der Waals surface area contributed by atoms with E-state index in [1.165, 1.54) is 5.56 Å². The van der Waals surface area contributed by atoms with E-state index in [2.05, 4.69) is 30.4 Å². The molecule has 0 bridgehead atoms. The summed E-state index contributed by atoms with van der Waals surface area (Å²) in [5.41, 5.74) is 9.27. The summed E-state index contributed by atoms with van der Waals surface area (Å²) in [6.45, 7) is 2.09. The number of nitrogens with two attached hydrogens (primary N) is 1. The van der Waals surface area contributed by atoms with Crippen molar-refractivity contribution in [1.82, 2.24) is 9.97 Å². The van der Waals surface area contributed by atoms with Crippen LogP contribution in [0.15, 0.2) is 42.5 Å². The van der Waals surface area contributed by atoms with Crippen LogP contribution < -0.4 is 11.1 Å². The molecule has 0 atom stereocenters. The van der Waals surface area contributed by atoms with Gasteiger partial charge in [0.25, 0.3) is 0 Å². The lowest BCUT2D eigenvalue weighted by atomic mass is 9.92. The second kappa shape index (κ2) is 11.0. The van der Waals surface area contributed by atoms with Crippen LogP contribution in [0.5, 0.6) is 0 Å². The molecule has 0 radical (unpaired) electrons. The van der Waals surface area contributed by atoms with E-state index < -0.39 is 0 Å². The predicted molar refractivity (Wildman–Crippen MR) is 133 cm³/mol. The van der Waals surface area contributed by atoms with Gasteiger partial charge in [0.1, 0.15) is 5.82 Å². The third kappa shape index (κ3) is 6.08. The summed E-state index contributed by atoms with van der Waals surface area (Å²) in [6.07, 6.45) is 8.23. The lowest BCUT2D eigenvalue weighted by Crippen LogP contribution is -2.33. The number of hydrogen-bond donors (Lipinski definition) is 2. The maximum Gasteiger partial charge on any atom is 0.154 e. The van der Waals surface area contributed by atoms with Gasteiger partial charge in [0.2, 0.25) is 0 Å². The maximum atomic E-state index is 6.06. The average molecular weight is 466 g/mol. The van der Waals surface area contributed by atoms with Gasteiger partial charge in [-0.1, -0.05) is 41.4 Å². The molecule has 3 aromatic rings. The van der Waals surface area contributed by atoms with Crippen molar-refractivity contribution in [2.75, 3.05) is 5.32 Å². The number of nitrogens with one attached hydrogen (secondary N) is 1. The van der Waals surface area contributed by atoms with Gasteiger partial charge in [-0.15, -0.1) is 24.8 Å². The van der Waals surface area contributed by atoms with Gasteiger partial charge in [0, 0.05) is 22.5 Å². The highest BCUT2D eigenvalue weighted by Gasteiger charge is 2.19. The summed E-state index contributed by atoms with van der Waals surface area (Å²) in [5.74, 6) is 1.60. The molecule has 160 valence electrons. The smallest absolute Gasteiger partial charge is 0.154 e. The number of rotatable bonds is 4. The van der Waals surface area contributed by atoms with Crippen LogP contribution in [0.2, 0.25) is 5.02 Å². The van der Waals surface area contributed by atoms with E-state index in [1.54, 1.807) is 0 Å². The highest BCUT2D eigenvalue weighted by Crippen LogP contribution is 2.26. The number of aryl methyl sites for hydroxylation is 1. The second-order valence-corrected chi connectivity index (χ2v) is 8.03. The minimum Gasteiger partial charge on any atom is -0.367 e. The van der Waals surface area contributed by atoms with Crippen LogP contribution in [0.25, 0.3) is 23.1 Å². The Balaban J connectivity index is 0.00000160. The quantitative estimate of drug-likeness (QED) is 0.475. The number of aromatic nitrogens is 2. The molecule has 1 aliphatic carbocycles. The average Bonchev–Trinajstić information content (AvgIpc) is 2.70. The minimum absolute atomic E-state index is 0. The highest BCUT2D eigenvalue weighted by molar-refractivity contribution is 6.30. The fourth-order valence-electron chi connectivity index (χ4n) is 3.65. The first-order valence-corrected chi connectivity index (χ1v) is 10.2. The van der Waals surface area contributed by atoms with Crippen LogP contribution >= 0.6 is 36.4 Å². The normalized spacial score (nSPS) is 18.6. The molecule has 4 nitrogen and oxygen atoms in total. The Morgan fingerprint density at radius 2 is 1.67 bits per heavy atom. The molecule has 0 unspecified atom stereocenters. The van der Waals surface area contributed by atoms with E-state index in [-0.39, 0.29) is 24.8 Å². The molecule has 2 aromatic carbocycles. The predicted octanol–water partition coefficient (Wildman–Crippen LogP) is 6.29. The van der Waals surface area contributed by atoms with Gasteiger partial charge < -0.3 is 11.1 Å². The molecule has 4 rings (SSSR count). The van der Waals surface area contributed by atoms with Crippen molar-refractivity contribution in [1.29, 1.82) is 0 Å². The van der Waals surface area contributed by atoms with Gasteiger partial charge in [-0.05, 0) is 68.5 Å². The number of hydrogen-bond acceptors (Lipinski definition) is 4. The van der Waals surface area contributed by atoms with E-state index in [1.807, 2.05) is 36.4 Å². The molecule has 1 heterocycles. The van der Waals surface area contributed by atoms with Gasteiger partial charge in [-0.2, -0.15) is 0 Å². The van der Waals surface area contributed by atoms with E-state index in [0.717, 1.165) is 53.0 Å². The van der Waals surface area contributed by atoms with Crippen LogP contribution in [0.1, 0.15) is 42.6 Å². The summed E-state index contributed by atoms with van der Waals surface area (Å²) in [6, 6.07) is 14.8. The number of nitrogens with zero attached hydrogens (tertiary/aromatic N) is 2. The molecule has 1 fully saturated rings. The van der Waals surface area contributed by atoms with Crippen molar-refractivity contribution >= 4 is 65.3 Å². The molecule has 0 saturated heterocycles. The molecule has 1 saturated carbocycles. The molecule has 3 N–H and O–H groups in total. The molecule has 1 aliphatic rings. The number of fused-ring (bicyclic) bond motifs is 1. The van der Waals surface area contributed by atoms with Gasteiger partial charge in [0.15, 0.2) is 5.82 Å². The van der Waals surface area contributed by atoms with E-state index in [0.29, 0.717) is 17.9 Å². The standard InChI is InChI=1S/C23H25ClN4.2ClH/c1-15-2-12-21-20(14-15)23(26-19-10-8-18(25)9-11-19)28-22(27-21)13-5-16-3-6-17(24)7-4-16;;/h2-7,12-14,18-19H,8-11,25H2,1H3,(H,26,27,28);2*1H/t18-,19-;;. The molecule has 0 spiro atoms. The van der Waals surface area contributed by atoms with Crippen LogP contribution in [0.3, 0.4) is 0 Å². The van der Waals surface area contributed by atoms with Gasteiger partial charge in [-0.25, -0.2) is 9.97 Å².